The average Bonchev–Trinajstić information content (AvgIpc) is 2.29. The van der Waals surface area contributed by atoms with E-state index in [4.69, 9.17) is 5.73 Å². The molecule has 1 aliphatic carbocycles. The summed E-state index contributed by atoms with van der Waals surface area (Å²) >= 11 is 2.28. The topological polar surface area (TPSA) is 55.1 Å². The summed E-state index contributed by atoms with van der Waals surface area (Å²) in [4.78, 5) is 12.0. The smallest absolute Gasteiger partial charge is 0.224 e. The number of nitrogens with two attached hydrogens (primary N) is 1. The molecule has 1 fully saturated rings. The van der Waals surface area contributed by atoms with E-state index < -0.39 is 0 Å². The Labute approximate surface area is 122 Å². The van der Waals surface area contributed by atoms with Crippen LogP contribution in [0.15, 0.2) is 18.2 Å². The normalized spacial score (nSPS) is 17.1. The van der Waals surface area contributed by atoms with Crippen LogP contribution in [0.25, 0.3) is 0 Å². The Morgan fingerprint density at radius 1 is 1.50 bits per heavy atom. The van der Waals surface area contributed by atoms with Crippen LogP contribution in [-0.4, -0.2) is 12.5 Å². The third-order valence-electron chi connectivity index (χ3n) is 3.84. The zero-order valence-electron chi connectivity index (χ0n) is 10.6. The first-order chi connectivity index (χ1) is 8.54. The maximum atomic E-state index is 12.0. The standard InChI is InChI=1S/C14H19IN2O/c1-10-3-4-11(7-12(10)15)17-13(18)8-14(9-16)5-2-6-14/h3-4,7H,2,5-6,8-9,16H2,1H3,(H,17,18). The number of hydrogen-bond acceptors (Lipinski definition) is 2. The van der Waals surface area contributed by atoms with E-state index >= 15 is 0 Å². The van der Waals surface area contributed by atoms with Gasteiger partial charge in [0.2, 0.25) is 5.91 Å². The molecule has 0 aromatic heterocycles. The van der Waals surface area contributed by atoms with Gasteiger partial charge < -0.3 is 11.1 Å². The lowest BCUT2D eigenvalue weighted by Crippen LogP contribution is -2.40. The zero-order valence-corrected chi connectivity index (χ0v) is 12.8. The third-order valence-corrected chi connectivity index (χ3v) is 5.00. The van der Waals surface area contributed by atoms with Crippen molar-refractivity contribution in [3.8, 4) is 0 Å². The summed E-state index contributed by atoms with van der Waals surface area (Å²) in [6, 6.07) is 5.98. The lowest BCUT2D eigenvalue weighted by molar-refractivity contribution is -0.119. The Balaban J connectivity index is 1.96. The zero-order chi connectivity index (χ0) is 13.2. The molecule has 4 heteroatoms. The fourth-order valence-electron chi connectivity index (χ4n) is 2.35. The minimum atomic E-state index is 0.0714. The van der Waals surface area contributed by atoms with Crippen molar-refractivity contribution in [2.45, 2.75) is 32.6 Å². The van der Waals surface area contributed by atoms with E-state index in [0.717, 1.165) is 18.5 Å². The van der Waals surface area contributed by atoms with Crippen molar-refractivity contribution < 1.29 is 4.79 Å². The molecule has 3 nitrogen and oxygen atoms in total. The summed E-state index contributed by atoms with van der Waals surface area (Å²) in [7, 11) is 0. The van der Waals surface area contributed by atoms with Crippen molar-refractivity contribution in [3.63, 3.8) is 0 Å². The van der Waals surface area contributed by atoms with Gasteiger partial charge in [-0.05, 0) is 72.0 Å². The molecule has 1 saturated carbocycles. The van der Waals surface area contributed by atoms with E-state index in [2.05, 4.69) is 34.8 Å². The summed E-state index contributed by atoms with van der Waals surface area (Å²) < 4.78 is 1.17. The SMILES string of the molecule is Cc1ccc(NC(=O)CC2(CN)CCC2)cc1I. The number of aryl methyl sites for hydroxylation is 1. The van der Waals surface area contributed by atoms with Crippen LogP contribution in [0.3, 0.4) is 0 Å². The molecule has 0 bridgehead atoms. The van der Waals surface area contributed by atoms with Crippen LogP contribution in [0.5, 0.6) is 0 Å². The molecule has 0 atom stereocenters. The Hall–Kier alpha value is -0.620. The van der Waals surface area contributed by atoms with Crippen molar-refractivity contribution in [3.05, 3.63) is 27.3 Å². The summed E-state index contributed by atoms with van der Waals surface area (Å²) in [5.74, 6) is 0.0832. The number of amides is 1. The molecule has 0 spiro atoms. The second-order valence-electron chi connectivity index (χ2n) is 5.25. The number of rotatable bonds is 4. The molecule has 0 heterocycles. The predicted molar refractivity (Wildman–Crippen MR) is 82.5 cm³/mol. The number of anilines is 1. The Bertz CT molecular complexity index is 450. The average molecular weight is 358 g/mol. The van der Waals surface area contributed by atoms with Gasteiger partial charge in [-0.1, -0.05) is 12.5 Å². The molecule has 18 heavy (non-hydrogen) atoms. The first-order valence-electron chi connectivity index (χ1n) is 6.31. The van der Waals surface area contributed by atoms with E-state index in [0.29, 0.717) is 13.0 Å². The Kier molecular flexibility index (Phi) is 4.27. The van der Waals surface area contributed by atoms with Gasteiger partial charge in [0, 0.05) is 15.7 Å². The largest absolute Gasteiger partial charge is 0.330 e. The molecule has 0 unspecified atom stereocenters. The minimum absolute atomic E-state index is 0.0714. The van der Waals surface area contributed by atoms with E-state index in [9.17, 15) is 4.79 Å². The molecule has 1 aromatic carbocycles. The van der Waals surface area contributed by atoms with Crippen molar-refractivity contribution in [2.24, 2.45) is 11.1 Å². The predicted octanol–water partition coefficient (Wildman–Crippen LogP) is 3.06. The van der Waals surface area contributed by atoms with Crippen LogP contribution < -0.4 is 11.1 Å². The van der Waals surface area contributed by atoms with Crippen molar-refractivity contribution in [1.29, 1.82) is 0 Å². The number of carbonyl (C=O) groups excluding carboxylic acids is 1. The molecule has 0 saturated heterocycles. The quantitative estimate of drug-likeness (QED) is 0.813. The maximum absolute atomic E-state index is 12.0. The van der Waals surface area contributed by atoms with Gasteiger partial charge in [-0.3, -0.25) is 4.79 Å². The molecule has 0 radical (unpaired) electrons. The lowest BCUT2D eigenvalue weighted by atomic mass is 9.66. The highest BCUT2D eigenvalue weighted by atomic mass is 127. The van der Waals surface area contributed by atoms with Gasteiger partial charge >= 0.3 is 0 Å². The summed E-state index contributed by atoms with van der Waals surface area (Å²) in [6.07, 6.45) is 3.92. The van der Waals surface area contributed by atoms with Gasteiger partial charge in [0.05, 0.1) is 0 Å². The van der Waals surface area contributed by atoms with Crippen molar-refractivity contribution in [2.75, 3.05) is 11.9 Å². The number of carbonyl (C=O) groups is 1. The van der Waals surface area contributed by atoms with Crippen LogP contribution in [0, 0.1) is 15.9 Å². The number of hydrogen-bond donors (Lipinski definition) is 2. The molecule has 1 aromatic rings. The fourth-order valence-corrected chi connectivity index (χ4v) is 2.86. The molecule has 3 N–H and O–H groups in total. The van der Waals surface area contributed by atoms with Crippen LogP contribution in [0.1, 0.15) is 31.2 Å². The van der Waals surface area contributed by atoms with Crippen molar-refractivity contribution >= 4 is 34.2 Å². The highest BCUT2D eigenvalue weighted by Crippen LogP contribution is 2.43. The van der Waals surface area contributed by atoms with Crippen molar-refractivity contribution in [1.82, 2.24) is 0 Å². The highest BCUT2D eigenvalue weighted by molar-refractivity contribution is 14.1. The molecular formula is C14H19IN2O. The van der Waals surface area contributed by atoms with E-state index in [-0.39, 0.29) is 11.3 Å². The first-order valence-corrected chi connectivity index (χ1v) is 7.39. The highest BCUT2D eigenvalue weighted by Gasteiger charge is 2.37. The second kappa shape index (κ2) is 5.57. The molecule has 98 valence electrons. The molecule has 2 rings (SSSR count). The van der Waals surface area contributed by atoms with Gasteiger partial charge in [-0.25, -0.2) is 0 Å². The van der Waals surface area contributed by atoms with E-state index in [1.54, 1.807) is 0 Å². The van der Waals surface area contributed by atoms with Crippen LogP contribution >= 0.6 is 22.6 Å². The first kappa shape index (κ1) is 13.8. The van der Waals surface area contributed by atoms with Gasteiger partial charge in [0.15, 0.2) is 0 Å². The minimum Gasteiger partial charge on any atom is -0.330 e. The Morgan fingerprint density at radius 3 is 2.72 bits per heavy atom. The van der Waals surface area contributed by atoms with Gasteiger partial charge in [0.25, 0.3) is 0 Å². The van der Waals surface area contributed by atoms with Gasteiger partial charge in [-0.15, -0.1) is 0 Å². The van der Waals surface area contributed by atoms with Crippen LogP contribution in [0.2, 0.25) is 0 Å². The second-order valence-corrected chi connectivity index (χ2v) is 6.41. The summed E-state index contributed by atoms with van der Waals surface area (Å²) in [5, 5.41) is 2.97. The summed E-state index contributed by atoms with van der Waals surface area (Å²) in [6.45, 7) is 2.68. The number of nitrogens with one attached hydrogen (secondary N) is 1. The molecule has 0 aliphatic heterocycles. The molecule has 1 aliphatic rings. The van der Waals surface area contributed by atoms with Gasteiger partial charge in [-0.2, -0.15) is 0 Å². The maximum Gasteiger partial charge on any atom is 0.224 e. The van der Waals surface area contributed by atoms with E-state index in [1.807, 2.05) is 18.2 Å². The third kappa shape index (κ3) is 3.03. The van der Waals surface area contributed by atoms with Crippen LogP contribution in [0.4, 0.5) is 5.69 Å². The number of benzene rings is 1. The molecular weight excluding hydrogens is 339 g/mol. The van der Waals surface area contributed by atoms with E-state index in [1.165, 1.54) is 15.6 Å². The van der Waals surface area contributed by atoms with Gasteiger partial charge in [0.1, 0.15) is 0 Å². The monoisotopic (exact) mass is 358 g/mol. The summed E-state index contributed by atoms with van der Waals surface area (Å²) in [5.41, 5.74) is 7.95. The lowest BCUT2D eigenvalue weighted by Gasteiger charge is -2.40. The number of halogens is 1. The van der Waals surface area contributed by atoms with Crippen LogP contribution in [-0.2, 0) is 4.79 Å². The molecule has 1 amide bonds. The Morgan fingerprint density at radius 2 is 2.22 bits per heavy atom. The fraction of sp³-hybridized carbons (Fsp3) is 0.500.